The van der Waals surface area contributed by atoms with Crippen molar-refractivity contribution in [3.8, 4) is 33.4 Å². The lowest BCUT2D eigenvalue weighted by Gasteiger charge is -2.11. The summed E-state index contributed by atoms with van der Waals surface area (Å²) in [7, 11) is 0. The predicted molar refractivity (Wildman–Crippen MR) is 136 cm³/mol. The van der Waals surface area contributed by atoms with Crippen molar-refractivity contribution in [1.82, 2.24) is 0 Å². The minimum Gasteiger partial charge on any atom is -0.143 e. The summed E-state index contributed by atoms with van der Waals surface area (Å²) in [6.45, 7) is 0. The molecule has 0 saturated carbocycles. The van der Waals surface area contributed by atoms with Crippen molar-refractivity contribution in [2.24, 2.45) is 0 Å². The molecule has 0 heterocycles. The summed E-state index contributed by atoms with van der Waals surface area (Å²) in [6.07, 6.45) is 0. The van der Waals surface area contributed by atoms with E-state index in [1.54, 1.807) is 0 Å². The molecule has 150 valence electrons. The van der Waals surface area contributed by atoms with Gasteiger partial charge in [0, 0.05) is 4.90 Å². The fourth-order valence-corrected chi connectivity index (χ4v) is 3.62. The molecule has 0 spiro atoms. The SMILES string of the molecule is Sc1ccccc1.c1ccc(-c2cc(-c3ccccc3)cc(-c3ccccc3)c2)cc1. The summed E-state index contributed by atoms with van der Waals surface area (Å²) in [5.41, 5.74) is 7.47. The van der Waals surface area contributed by atoms with Crippen molar-refractivity contribution in [2.75, 3.05) is 0 Å². The maximum atomic E-state index is 4.08. The highest BCUT2D eigenvalue weighted by Gasteiger charge is 2.06. The first-order chi connectivity index (χ1) is 15.3. The van der Waals surface area contributed by atoms with Gasteiger partial charge in [-0.3, -0.25) is 0 Å². The van der Waals surface area contributed by atoms with E-state index >= 15 is 0 Å². The third-order valence-corrected chi connectivity index (χ3v) is 5.31. The Hall–Kier alpha value is -3.55. The molecule has 0 aliphatic carbocycles. The smallest absolute Gasteiger partial charge is 0.00399 e. The summed E-state index contributed by atoms with van der Waals surface area (Å²) < 4.78 is 0. The molecule has 0 atom stereocenters. The zero-order valence-electron chi connectivity index (χ0n) is 17.2. The second-order valence-electron chi connectivity index (χ2n) is 7.23. The summed E-state index contributed by atoms with van der Waals surface area (Å²) in [5.74, 6) is 0. The third kappa shape index (κ3) is 5.75. The molecule has 0 amide bonds. The van der Waals surface area contributed by atoms with Gasteiger partial charge in [-0.25, -0.2) is 0 Å². The molecule has 0 N–H and O–H groups in total. The van der Waals surface area contributed by atoms with Gasteiger partial charge >= 0.3 is 0 Å². The minimum absolute atomic E-state index is 1.02. The first-order valence-corrected chi connectivity index (χ1v) is 10.8. The van der Waals surface area contributed by atoms with Crippen molar-refractivity contribution >= 4 is 12.6 Å². The Bertz CT molecular complexity index is 1060. The molecule has 31 heavy (non-hydrogen) atoms. The molecule has 0 unspecified atom stereocenters. The van der Waals surface area contributed by atoms with Crippen LogP contribution in [0, 0.1) is 0 Å². The second kappa shape index (κ2) is 10.5. The fraction of sp³-hybridized carbons (Fsp3) is 0. The summed E-state index contributed by atoms with van der Waals surface area (Å²) in [5, 5.41) is 0. The number of benzene rings is 5. The highest BCUT2D eigenvalue weighted by atomic mass is 32.1. The zero-order chi connectivity index (χ0) is 21.3. The van der Waals surface area contributed by atoms with E-state index in [0.29, 0.717) is 0 Å². The molecule has 0 aromatic heterocycles. The molecule has 0 aliphatic rings. The Labute approximate surface area is 190 Å². The van der Waals surface area contributed by atoms with Crippen LogP contribution >= 0.6 is 12.6 Å². The Kier molecular flexibility index (Phi) is 7.00. The number of hydrogen-bond acceptors (Lipinski definition) is 1. The standard InChI is InChI=1S/C24H18.C6H6S/c1-4-10-19(11-5-1)22-16-23(20-12-6-2-7-13-20)18-24(17-22)21-14-8-3-9-15-21;7-6-4-2-1-3-5-6/h1-18H;1-5,7H. The van der Waals surface area contributed by atoms with Crippen molar-refractivity contribution < 1.29 is 0 Å². The van der Waals surface area contributed by atoms with Crippen molar-refractivity contribution in [3.63, 3.8) is 0 Å². The number of hydrogen-bond donors (Lipinski definition) is 1. The van der Waals surface area contributed by atoms with Gasteiger partial charge < -0.3 is 0 Å². The van der Waals surface area contributed by atoms with Crippen LogP contribution in [-0.4, -0.2) is 0 Å². The number of rotatable bonds is 3. The molecule has 0 saturated heterocycles. The van der Waals surface area contributed by atoms with Crippen LogP contribution in [0.2, 0.25) is 0 Å². The lowest BCUT2D eigenvalue weighted by Crippen LogP contribution is -1.85. The van der Waals surface area contributed by atoms with E-state index in [1.807, 2.05) is 30.3 Å². The fourth-order valence-electron chi connectivity index (χ4n) is 3.45. The Morgan fingerprint density at radius 2 is 0.548 bits per heavy atom. The lowest BCUT2D eigenvalue weighted by atomic mass is 9.93. The summed E-state index contributed by atoms with van der Waals surface area (Å²) in [4.78, 5) is 1.02. The average molecular weight is 417 g/mol. The van der Waals surface area contributed by atoms with Crippen LogP contribution in [0.5, 0.6) is 0 Å². The van der Waals surface area contributed by atoms with Crippen molar-refractivity contribution in [1.29, 1.82) is 0 Å². The zero-order valence-corrected chi connectivity index (χ0v) is 18.1. The molecular weight excluding hydrogens is 392 g/mol. The molecule has 0 fully saturated rings. The van der Waals surface area contributed by atoms with Crippen LogP contribution in [-0.2, 0) is 0 Å². The van der Waals surface area contributed by atoms with E-state index in [4.69, 9.17) is 0 Å². The van der Waals surface area contributed by atoms with Gasteiger partial charge in [-0.2, -0.15) is 0 Å². The molecule has 5 aromatic carbocycles. The highest BCUT2D eigenvalue weighted by molar-refractivity contribution is 7.80. The molecule has 5 rings (SSSR count). The normalized spacial score (nSPS) is 10.1. The molecule has 0 bridgehead atoms. The van der Waals surface area contributed by atoms with Gasteiger partial charge in [0.2, 0.25) is 0 Å². The number of thiol groups is 1. The van der Waals surface area contributed by atoms with E-state index in [2.05, 4.69) is 122 Å². The molecule has 5 aromatic rings. The van der Waals surface area contributed by atoms with Gasteiger partial charge in [-0.05, 0) is 63.7 Å². The Morgan fingerprint density at radius 1 is 0.290 bits per heavy atom. The quantitative estimate of drug-likeness (QED) is 0.279. The summed E-state index contributed by atoms with van der Waals surface area (Å²) in [6, 6.07) is 48.3. The van der Waals surface area contributed by atoms with Crippen molar-refractivity contribution in [3.05, 3.63) is 140 Å². The van der Waals surface area contributed by atoms with Crippen LogP contribution in [0.15, 0.2) is 144 Å². The van der Waals surface area contributed by atoms with Gasteiger partial charge in [0.05, 0.1) is 0 Å². The highest BCUT2D eigenvalue weighted by Crippen LogP contribution is 2.32. The van der Waals surface area contributed by atoms with Gasteiger partial charge in [0.15, 0.2) is 0 Å². The minimum atomic E-state index is 1.02. The van der Waals surface area contributed by atoms with Gasteiger partial charge in [-0.15, -0.1) is 12.6 Å². The van der Waals surface area contributed by atoms with E-state index < -0.39 is 0 Å². The van der Waals surface area contributed by atoms with Gasteiger partial charge in [-0.1, -0.05) is 109 Å². The van der Waals surface area contributed by atoms with E-state index in [0.717, 1.165) is 4.90 Å². The third-order valence-electron chi connectivity index (χ3n) is 5.01. The van der Waals surface area contributed by atoms with Crippen LogP contribution in [0.25, 0.3) is 33.4 Å². The van der Waals surface area contributed by atoms with E-state index in [9.17, 15) is 0 Å². The molecule has 0 nitrogen and oxygen atoms in total. The summed E-state index contributed by atoms with van der Waals surface area (Å²) >= 11 is 4.08. The average Bonchev–Trinajstić information content (AvgIpc) is 2.86. The van der Waals surface area contributed by atoms with Crippen LogP contribution < -0.4 is 0 Å². The first kappa shape index (κ1) is 20.7. The van der Waals surface area contributed by atoms with Gasteiger partial charge in [0.25, 0.3) is 0 Å². The van der Waals surface area contributed by atoms with Crippen LogP contribution in [0.1, 0.15) is 0 Å². The van der Waals surface area contributed by atoms with E-state index in [1.165, 1.54) is 33.4 Å². The maximum Gasteiger partial charge on any atom is 0.00399 e. The molecule has 0 radical (unpaired) electrons. The monoisotopic (exact) mass is 416 g/mol. The maximum absolute atomic E-state index is 4.08. The van der Waals surface area contributed by atoms with Crippen molar-refractivity contribution in [2.45, 2.75) is 4.90 Å². The Balaban J connectivity index is 0.000000282. The van der Waals surface area contributed by atoms with Gasteiger partial charge in [0.1, 0.15) is 0 Å². The van der Waals surface area contributed by atoms with E-state index in [-0.39, 0.29) is 0 Å². The lowest BCUT2D eigenvalue weighted by molar-refractivity contribution is 1.48. The van der Waals surface area contributed by atoms with Crippen LogP contribution in [0.3, 0.4) is 0 Å². The topological polar surface area (TPSA) is 0 Å². The molecule has 0 aliphatic heterocycles. The molecule has 1 heteroatoms. The Morgan fingerprint density at radius 3 is 0.774 bits per heavy atom. The second-order valence-corrected chi connectivity index (χ2v) is 7.75. The largest absolute Gasteiger partial charge is 0.143 e. The predicted octanol–water partition coefficient (Wildman–Crippen LogP) is 8.66. The molecular formula is C30H24S. The van der Waals surface area contributed by atoms with Crippen LogP contribution in [0.4, 0.5) is 0 Å². The first-order valence-electron chi connectivity index (χ1n) is 10.3.